The predicted octanol–water partition coefficient (Wildman–Crippen LogP) is 3.62. The molecule has 33 heavy (non-hydrogen) atoms. The number of benzene rings is 2. The zero-order chi connectivity index (χ0) is 23.8. The van der Waals surface area contributed by atoms with Crippen molar-refractivity contribution >= 4 is 17.7 Å². The number of amides is 1. The first-order chi connectivity index (χ1) is 15.9. The van der Waals surface area contributed by atoms with Gasteiger partial charge in [0.25, 0.3) is 5.91 Å². The maximum Gasteiger partial charge on any atom is 0.326 e. The maximum absolute atomic E-state index is 13.7. The number of nitrogens with one attached hydrogen (secondary N) is 2. The molecule has 0 aliphatic rings. The SMILES string of the molecule is CNc1cccc(CCOc2ccc(C[C@H](NC(=O)c3cccc(F)c3C)C(=O)O)cc2)n1. The van der Waals surface area contributed by atoms with Crippen LogP contribution >= 0.6 is 0 Å². The van der Waals surface area contributed by atoms with Crippen molar-refractivity contribution in [2.75, 3.05) is 19.0 Å². The molecule has 7 nitrogen and oxygen atoms in total. The van der Waals surface area contributed by atoms with Gasteiger partial charge in [-0.1, -0.05) is 24.3 Å². The van der Waals surface area contributed by atoms with Crippen LogP contribution in [0.25, 0.3) is 0 Å². The molecule has 1 atom stereocenters. The van der Waals surface area contributed by atoms with Crippen LogP contribution in [0.1, 0.15) is 27.2 Å². The Hall–Kier alpha value is -3.94. The van der Waals surface area contributed by atoms with E-state index in [4.69, 9.17) is 4.74 Å². The van der Waals surface area contributed by atoms with Crippen LogP contribution in [0.4, 0.5) is 10.2 Å². The van der Waals surface area contributed by atoms with Crippen molar-refractivity contribution in [2.24, 2.45) is 0 Å². The van der Waals surface area contributed by atoms with E-state index in [1.807, 2.05) is 25.2 Å². The summed E-state index contributed by atoms with van der Waals surface area (Å²) in [5.41, 5.74) is 1.91. The number of halogens is 1. The van der Waals surface area contributed by atoms with Crippen LogP contribution in [0, 0.1) is 12.7 Å². The molecule has 0 aliphatic carbocycles. The summed E-state index contributed by atoms with van der Waals surface area (Å²) in [4.78, 5) is 28.6. The zero-order valence-corrected chi connectivity index (χ0v) is 18.5. The molecule has 1 heterocycles. The zero-order valence-electron chi connectivity index (χ0n) is 18.5. The van der Waals surface area contributed by atoms with Crippen molar-refractivity contribution < 1.29 is 23.8 Å². The Morgan fingerprint density at radius 1 is 1.09 bits per heavy atom. The van der Waals surface area contributed by atoms with E-state index in [0.29, 0.717) is 18.8 Å². The number of hydrogen-bond acceptors (Lipinski definition) is 5. The first-order valence-electron chi connectivity index (χ1n) is 10.5. The number of aliphatic carboxylic acids is 1. The third kappa shape index (κ3) is 6.52. The summed E-state index contributed by atoms with van der Waals surface area (Å²) < 4.78 is 19.5. The largest absolute Gasteiger partial charge is 0.493 e. The highest BCUT2D eigenvalue weighted by atomic mass is 19.1. The van der Waals surface area contributed by atoms with Gasteiger partial charge in [-0.15, -0.1) is 0 Å². The maximum atomic E-state index is 13.7. The molecular weight excluding hydrogens is 425 g/mol. The van der Waals surface area contributed by atoms with Crippen LogP contribution in [0.2, 0.25) is 0 Å². The van der Waals surface area contributed by atoms with E-state index in [1.165, 1.54) is 25.1 Å². The Bertz CT molecular complexity index is 1120. The fourth-order valence-electron chi connectivity index (χ4n) is 3.28. The molecule has 1 aromatic heterocycles. The van der Waals surface area contributed by atoms with Crippen molar-refractivity contribution in [2.45, 2.75) is 25.8 Å². The van der Waals surface area contributed by atoms with E-state index < -0.39 is 23.7 Å². The minimum Gasteiger partial charge on any atom is -0.493 e. The molecule has 0 radical (unpaired) electrons. The molecular formula is C25H26FN3O4. The van der Waals surface area contributed by atoms with E-state index >= 15 is 0 Å². The van der Waals surface area contributed by atoms with Gasteiger partial charge in [-0.2, -0.15) is 0 Å². The highest BCUT2D eigenvalue weighted by Crippen LogP contribution is 2.16. The number of carbonyl (C=O) groups excluding carboxylic acids is 1. The van der Waals surface area contributed by atoms with Crippen molar-refractivity contribution in [1.29, 1.82) is 0 Å². The first-order valence-corrected chi connectivity index (χ1v) is 10.5. The molecule has 0 saturated carbocycles. The Morgan fingerprint density at radius 3 is 2.52 bits per heavy atom. The Morgan fingerprint density at radius 2 is 1.82 bits per heavy atom. The van der Waals surface area contributed by atoms with E-state index in [9.17, 15) is 19.1 Å². The fourth-order valence-corrected chi connectivity index (χ4v) is 3.28. The molecule has 0 unspecified atom stereocenters. The van der Waals surface area contributed by atoms with E-state index in [1.54, 1.807) is 24.3 Å². The Kier molecular flexibility index (Phi) is 7.96. The van der Waals surface area contributed by atoms with Crippen LogP contribution < -0.4 is 15.4 Å². The Labute approximate surface area is 191 Å². The number of aromatic nitrogens is 1. The molecule has 3 rings (SSSR count). The second-order valence-corrected chi connectivity index (χ2v) is 7.49. The van der Waals surface area contributed by atoms with Gasteiger partial charge in [0.1, 0.15) is 23.4 Å². The van der Waals surface area contributed by atoms with E-state index in [2.05, 4.69) is 15.6 Å². The monoisotopic (exact) mass is 451 g/mol. The van der Waals surface area contributed by atoms with Gasteiger partial charge in [0, 0.05) is 31.1 Å². The average molecular weight is 451 g/mol. The molecule has 0 fully saturated rings. The van der Waals surface area contributed by atoms with E-state index in [0.717, 1.165) is 17.1 Å². The number of pyridine rings is 1. The summed E-state index contributed by atoms with van der Waals surface area (Å²) in [5, 5.41) is 15.0. The van der Waals surface area contributed by atoms with Crippen molar-refractivity contribution in [3.63, 3.8) is 0 Å². The van der Waals surface area contributed by atoms with Gasteiger partial charge < -0.3 is 20.5 Å². The highest BCUT2D eigenvalue weighted by Gasteiger charge is 2.22. The average Bonchev–Trinajstić information content (AvgIpc) is 2.81. The lowest BCUT2D eigenvalue weighted by molar-refractivity contribution is -0.139. The lowest BCUT2D eigenvalue weighted by Crippen LogP contribution is -2.42. The Balaban J connectivity index is 1.56. The molecule has 1 amide bonds. The third-order valence-electron chi connectivity index (χ3n) is 5.17. The van der Waals surface area contributed by atoms with Gasteiger partial charge in [0.2, 0.25) is 0 Å². The standard InChI is InChI=1S/C25H26FN3O4/c1-16-20(6-4-7-21(16)26)24(30)29-22(25(31)32)15-17-9-11-19(12-10-17)33-14-13-18-5-3-8-23(27-2)28-18/h3-12,22H,13-15H2,1-2H3,(H,27,28)(H,29,30)(H,31,32)/t22-/m0/s1. The number of hydrogen-bond donors (Lipinski definition) is 3. The molecule has 0 bridgehead atoms. The van der Waals surface area contributed by atoms with Crippen molar-refractivity contribution in [3.05, 3.63) is 88.9 Å². The van der Waals surface area contributed by atoms with E-state index in [-0.39, 0.29) is 17.5 Å². The van der Waals surface area contributed by atoms with Gasteiger partial charge in [-0.3, -0.25) is 4.79 Å². The number of anilines is 1. The van der Waals surface area contributed by atoms with Crippen LogP contribution in [-0.2, 0) is 17.6 Å². The summed E-state index contributed by atoms with van der Waals surface area (Å²) in [6.45, 7) is 1.92. The number of ether oxygens (including phenoxy) is 1. The fraction of sp³-hybridized carbons (Fsp3) is 0.240. The predicted molar refractivity (Wildman–Crippen MR) is 123 cm³/mol. The smallest absolute Gasteiger partial charge is 0.326 e. The van der Waals surface area contributed by atoms with Crippen LogP contribution in [0.15, 0.2) is 60.7 Å². The van der Waals surface area contributed by atoms with Gasteiger partial charge in [-0.05, 0) is 54.4 Å². The number of carbonyl (C=O) groups is 2. The molecule has 172 valence electrons. The summed E-state index contributed by atoms with van der Waals surface area (Å²) in [5.74, 6) is -0.876. The number of nitrogens with zero attached hydrogens (tertiary/aromatic N) is 1. The van der Waals surface area contributed by atoms with Gasteiger partial charge in [-0.25, -0.2) is 14.2 Å². The van der Waals surface area contributed by atoms with Gasteiger partial charge >= 0.3 is 5.97 Å². The normalized spacial score (nSPS) is 11.5. The summed E-state index contributed by atoms with van der Waals surface area (Å²) in [7, 11) is 1.81. The summed E-state index contributed by atoms with van der Waals surface area (Å²) in [6.07, 6.45) is 0.723. The molecule has 0 aliphatic heterocycles. The van der Waals surface area contributed by atoms with Crippen LogP contribution in [-0.4, -0.2) is 41.7 Å². The highest BCUT2D eigenvalue weighted by molar-refractivity contribution is 5.97. The molecule has 2 aromatic carbocycles. The van der Waals surface area contributed by atoms with Crippen molar-refractivity contribution in [1.82, 2.24) is 10.3 Å². The molecule has 0 spiro atoms. The van der Waals surface area contributed by atoms with Crippen LogP contribution in [0.3, 0.4) is 0 Å². The lowest BCUT2D eigenvalue weighted by Gasteiger charge is -2.16. The van der Waals surface area contributed by atoms with Crippen molar-refractivity contribution in [3.8, 4) is 5.75 Å². The number of carboxylic acid groups (broad SMARTS) is 1. The topological polar surface area (TPSA) is 101 Å². The van der Waals surface area contributed by atoms with Gasteiger partial charge in [0.15, 0.2) is 0 Å². The minimum absolute atomic E-state index is 0.0798. The third-order valence-corrected chi connectivity index (χ3v) is 5.17. The second kappa shape index (κ2) is 11.1. The first kappa shape index (κ1) is 23.7. The van der Waals surface area contributed by atoms with Gasteiger partial charge in [0.05, 0.1) is 6.61 Å². The molecule has 8 heteroatoms. The summed E-state index contributed by atoms with van der Waals surface area (Å²) >= 11 is 0. The molecule has 3 N–H and O–H groups in total. The van der Waals surface area contributed by atoms with Crippen LogP contribution in [0.5, 0.6) is 5.75 Å². The molecule has 3 aromatic rings. The quantitative estimate of drug-likeness (QED) is 0.435. The second-order valence-electron chi connectivity index (χ2n) is 7.49. The number of rotatable bonds is 10. The molecule has 0 saturated heterocycles. The summed E-state index contributed by atoms with van der Waals surface area (Å²) in [6, 6.07) is 15.7. The minimum atomic E-state index is -1.17. The number of carboxylic acids is 1. The lowest BCUT2D eigenvalue weighted by atomic mass is 10.0.